The third-order valence-electron chi connectivity index (χ3n) is 3.67. The van der Waals surface area contributed by atoms with Crippen LogP contribution in [0.5, 0.6) is 0 Å². The minimum absolute atomic E-state index is 0.655. The topological polar surface area (TPSA) is 55.6 Å². The lowest BCUT2D eigenvalue weighted by molar-refractivity contribution is 0.680. The summed E-state index contributed by atoms with van der Waals surface area (Å²) in [6.45, 7) is 0.859. The molecule has 0 radical (unpaired) electrons. The summed E-state index contributed by atoms with van der Waals surface area (Å²) in [4.78, 5) is 8.78. The Morgan fingerprint density at radius 1 is 1.16 bits per heavy atom. The van der Waals surface area contributed by atoms with Gasteiger partial charge in [-0.05, 0) is 31.7 Å². The van der Waals surface area contributed by atoms with Gasteiger partial charge in [-0.3, -0.25) is 0 Å². The van der Waals surface area contributed by atoms with Crippen LogP contribution < -0.4 is 5.32 Å². The fourth-order valence-electron chi connectivity index (χ4n) is 2.15. The predicted octanol–water partition coefficient (Wildman–Crippen LogP) is 1.79. The van der Waals surface area contributed by atoms with Gasteiger partial charge >= 0.3 is 0 Å². The summed E-state index contributed by atoms with van der Waals surface area (Å²) >= 11 is 0. The van der Waals surface area contributed by atoms with Gasteiger partial charge in [0.1, 0.15) is 0 Å². The molecule has 98 valence electrons. The van der Waals surface area contributed by atoms with Crippen molar-refractivity contribution in [2.45, 2.75) is 44.2 Å². The Balaban J connectivity index is 1.46. The second-order valence-electron chi connectivity index (χ2n) is 5.51. The van der Waals surface area contributed by atoms with Gasteiger partial charge in [0.05, 0.1) is 5.69 Å². The van der Waals surface area contributed by atoms with Crippen molar-refractivity contribution in [3.8, 4) is 5.95 Å². The van der Waals surface area contributed by atoms with Crippen LogP contribution in [-0.2, 0) is 6.54 Å². The van der Waals surface area contributed by atoms with E-state index in [1.54, 1.807) is 4.68 Å². The van der Waals surface area contributed by atoms with E-state index in [9.17, 15) is 0 Å². The molecule has 2 aliphatic carbocycles. The van der Waals surface area contributed by atoms with E-state index >= 15 is 0 Å². The molecule has 2 fully saturated rings. The molecule has 2 saturated carbocycles. The van der Waals surface area contributed by atoms with Crippen molar-refractivity contribution in [3.63, 3.8) is 0 Å². The Morgan fingerprint density at radius 2 is 1.95 bits per heavy atom. The minimum Gasteiger partial charge on any atom is -0.310 e. The molecule has 0 aliphatic heterocycles. The molecule has 1 N–H and O–H groups in total. The first-order valence-corrected chi connectivity index (χ1v) is 6.99. The molecule has 0 unspecified atom stereocenters. The fourth-order valence-corrected chi connectivity index (χ4v) is 2.15. The van der Waals surface area contributed by atoms with Crippen molar-refractivity contribution in [2.75, 3.05) is 0 Å². The Hall–Kier alpha value is -1.75. The van der Waals surface area contributed by atoms with Crippen LogP contribution in [-0.4, -0.2) is 25.8 Å². The van der Waals surface area contributed by atoms with Crippen LogP contribution in [0.15, 0.2) is 24.7 Å². The molecular formula is C14H17N5. The zero-order chi connectivity index (χ0) is 12.7. The molecule has 2 aromatic heterocycles. The van der Waals surface area contributed by atoms with E-state index in [0.29, 0.717) is 17.9 Å². The quantitative estimate of drug-likeness (QED) is 0.885. The highest BCUT2D eigenvalue weighted by Gasteiger charge is 2.26. The maximum absolute atomic E-state index is 4.53. The standard InChI is InChI=1S/C14H17N5/c1-2-11(1)13-5-6-19(18-13)14-16-8-10(9-17-14)7-15-12-3-4-12/h5-6,8-9,11-12,15H,1-4,7H2. The molecule has 5 heteroatoms. The van der Waals surface area contributed by atoms with E-state index in [4.69, 9.17) is 0 Å². The van der Waals surface area contributed by atoms with Crippen molar-refractivity contribution >= 4 is 0 Å². The molecular weight excluding hydrogens is 238 g/mol. The zero-order valence-electron chi connectivity index (χ0n) is 10.8. The molecule has 2 aromatic rings. The van der Waals surface area contributed by atoms with E-state index in [1.165, 1.54) is 31.4 Å². The molecule has 0 aromatic carbocycles. The Bertz CT molecular complexity index is 566. The first-order valence-electron chi connectivity index (χ1n) is 6.99. The van der Waals surface area contributed by atoms with Crippen molar-refractivity contribution in [2.24, 2.45) is 0 Å². The van der Waals surface area contributed by atoms with Crippen LogP contribution in [0.1, 0.15) is 42.9 Å². The van der Waals surface area contributed by atoms with Crippen molar-refractivity contribution in [3.05, 3.63) is 35.9 Å². The van der Waals surface area contributed by atoms with Gasteiger partial charge in [-0.25, -0.2) is 14.6 Å². The second kappa shape index (κ2) is 4.42. The SMILES string of the molecule is c1nc(-n2ccc(C3CC3)n2)ncc1CNC1CC1. The lowest BCUT2D eigenvalue weighted by atomic mass is 10.3. The Morgan fingerprint density at radius 3 is 2.63 bits per heavy atom. The average Bonchev–Trinajstić information content (AvgIpc) is 3.37. The van der Waals surface area contributed by atoms with Crippen LogP contribution >= 0.6 is 0 Å². The second-order valence-corrected chi connectivity index (χ2v) is 5.51. The highest BCUT2D eigenvalue weighted by atomic mass is 15.3. The predicted molar refractivity (Wildman–Crippen MR) is 71.0 cm³/mol. The van der Waals surface area contributed by atoms with Crippen LogP contribution in [0.4, 0.5) is 0 Å². The Labute approximate surface area is 112 Å². The third kappa shape index (κ3) is 2.51. The maximum atomic E-state index is 4.53. The summed E-state index contributed by atoms with van der Waals surface area (Å²) in [5.74, 6) is 1.32. The van der Waals surface area contributed by atoms with Gasteiger partial charge in [-0.2, -0.15) is 5.10 Å². The number of rotatable bonds is 5. The normalized spacial score (nSPS) is 18.7. The molecule has 0 spiro atoms. The van der Waals surface area contributed by atoms with E-state index in [0.717, 1.165) is 12.1 Å². The molecule has 4 rings (SSSR count). The molecule has 2 aliphatic rings. The summed E-state index contributed by atoms with van der Waals surface area (Å²) in [6.07, 6.45) is 10.9. The van der Waals surface area contributed by atoms with Gasteiger partial charge in [-0.15, -0.1) is 0 Å². The first kappa shape index (κ1) is 11.1. The van der Waals surface area contributed by atoms with Gasteiger partial charge in [0.2, 0.25) is 5.95 Å². The van der Waals surface area contributed by atoms with Crippen LogP contribution in [0.3, 0.4) is 0 Å². The summed E-state index contributed by atoms with van der Waals surface area (Å²) < 4.78 is 1.77. The largest absolute Gasteiger partial charge is 0.310 e. The summed E-state index contributed by atoms with van der Waals surface area (Å²) in [6, 6.07) is 2.79. The molecule has 2 heterocycles. The van der Waals surface area contributed by atoms with Gasteiger partial charge in [0.15, 0.2) is 0 Å². The molecule has 0 bridgehead atoms. The molecule has 0 atom stereocenters. The van der Waals surface area contributed by atoms with Crippen molar-refractivity contribution < 1.29 is 0 Å². The van der Waals surface area contributed by atoms with Crippen LogP contribution in [0.25, 0.3) is 5.95 Å². The average molecular weight is 255 g/mol. The van der Waals surface area contributed by atoms with Crippen LogP contribution in [0.2, 0.25) is 0 Å². The van der Waals surface area contributed by atoms with Crippen molar-refractivity contribution in [1.29, 1.82) is 0 Å². The molecule has 5 nitrogen and oxygen atoms in total. The van der Waals surface area contributed by atoms with E-state index in [1.807, 2.05) is 18.6 Å². The van der Waals surface area contributed by atoms with E-state index < -0.39 is 0 Å². The minimum atomic E-state index is 0.655. The number of nitrogens with one attached hydrogen (secondary N) is 1. The monoisotopic (exact) mass is 255 g/mol. The van der Waals surface area contributed by atoms with Crippen LogP contribution in [0, 0.1) is 0 Å². The highest BCUT2D eigenvalue weighted by molar-refractivity contribution is 5.19. The van der Waals surface area contributed by atoms with Gasteiger partial charge in [-0.1, -0.05) is 0 Å². The first-order chi connectivity index (χ1) is 9.38. The number of hydrogen-bond acceptors (Lipinski definition) is 4. The number of hydrogen-bond donors (Lipinski definition) is 1. The molecule has 0 amide bonds. The summed E-state index contributed by atoms with van der Waals surface area (Å²) in [5, 5.41) is 7.99. The van der Waals surface area contributed by atoms with Gasteiger partial charge in [0, 0.05) is 42.7 Å². The molecule has 0 saturated heterocycles. The van der Waals surface area contributed by atoms with Gasteiger partial charge < -0.3 is 5.32 Å². The lowest BCUT2D eigenvalue weighted by Crippen LogP contribution is -2.16. The smallest absolute Gasteiger partial charge is 0.250 e. The summed E-state index contributed by atoms with van der Waals surface area (Å²) in [7, 11) is 0. The lowest BCUT2D eigenvalue weighted by Gasteiger charge is -2.03. The third-order valence-corrected chi connectivity index (χ3v) is 3.67. The van der Waals surface area contributed by atoms with E-state index in [2.05, 4.69) is 26.4 Å². The summed E-state index contributed by atoms with van der Waals surface area (Å²) in [5.41, 5.74) is 2.30. The fraction of sp³-hybridized carbons (Fsp3) is 0.500. The van der Waals surface area contributed by atoms with Crippen molar-refractivity contribution in [1.82, 2.24) is 25.1 Å². The van der Waals surface area contributed by atoms with E-state index in [-0.39, 0.29) is 0 Å². The number of aromatic nitrogens is 4. The Kier molecular flexibility index (Phi) is 2.58. The zero-order valence-corrected chi connectivity index (χ0v) is 10.8. The van der Waals surface area contributed by atoms with Gasteiger partial charge in [0.25, 0.3) is 0 Å². The highest BCUT2D eigenvalue weighted by Crippen LogP contribution is 2.38. The number of nitrogens with zero attached hydrogens (tertiary/aromatic N) is 4. The molecule has 19 heavy (non-hydrogen) atoms. The maximum Gasteiger partial charge on any atom is 0.250 e.